The number of hydrogen-bond donors (Lipinski definition) is 2. The number of nitrogens with one attached hydrogen (secondary N) is 1. The summed E-state index contributed by atoms with van der Waals surface area (Å²) in [6, 6.07) is 10.7. The molecular formula is C14H11Cl2NOS. The fraction of sp³-hybridized carbons (Fsp3) is 0.0714. The average molecular weight is 312 g/mol. The van der Waals surface area contributed by atoms with Gasteiger partial charge < -0.3 is 5.32 Å². The first-order chi connectivity index (χ1) is 9.00. The molecule has 0 amide bonds. The maximum atomic E-state index is 11.5. The molecule has 19 heavy (non-hydrogen) atoms. The van der Waals surface area contributed by atoms with Crippen molar-refractivity contribution < 1.29 is 4.79 Å². The third-order valence-corrected chi connectivity index (χ3v) is 3.74. The monoisotopic (exact) mass is 311 g/mol. The molecule has 5 heteroatoms. The number of benzene rings is 2. The highest BCUT2D eigenvalue weighted by atomic mass is 35.5. The van der Waals surface area contributed by atoms with Crippen LogP contribution < -0.4 is 5.32 Å². The molecule has 0 radical (unpaired) electrons. The van der Waals surface area contributed by atoms with Crippen molar-refractivity contribution in [2.75, 3.05) is 5.32 Å². The van der Waals surface area contributed by atoms with Crippen molar-refractivity contribution in [3.8, 4) is 0 Å². The van der Waals surface area contributed by atoms with Gasteiger partial charge in [-0.3, -0.25) is 4.79 Å². The number of anilines is 2. The fourth-order valence-corrected chi connectivity index (χ4v) is 2.34. The van der Waals surface area contributed by atoms with Gasteiger partial charge in [0.05, 0.1) is 27.0 Å². The zero-order valence-corrected chi connectivity index (χ0v) is 12.5. The van der Waals surface area contributed by atoms with E-state index in [1.807, 2.05) is 19.1 Å². The summed E-state index contributed by atoms with van der Waals surface area (Å²) in [7, 11) is 0. The first-order valence-electron chi connectivity index (χ1n) is 5.54. The lowest BCUT2D eigenvalue weighted by molar-refractivity contribution is 0.109. The first-order valence-corrected chi connectivity index (χ1v) is 6.75. The van der Waals surface area contributed by atoms with Crippen LogP contribution in [0.4, 0.5) is 11.4 Å². The number of halogens is 2. The Balaban J connectivity index is 2.48. The van der Waals surface area contributed by atoms with Gasteiger partial charge in [0, 0.05) is 0 Å². The number of carbonyl (C=O) groups excluding carboxylic acids is 1. The van der Waals surface area contributed by atoms with Crippen LogP contribution in [-0.4, -0.2) is 5.12 Å². The normalized spacial score (nSPS) is 10.3. The Labute approximate surface area is 127 Å². The largest absolute Gasteiger partial charge is 0.352 e. The Morgan fingerprint density at radius 1 is 1.16 bits per heavy atom. The van der Waals surface area contributed by atoms with Gasteiger partial charge in [0.2, 0.25) is 5.12 Å². The van der Waals surface area contributed by atoms with E-state index in [1.165, 1.54) is 0 Å². The maximum Gasteiger partial charge on any atom is 0.218 e. The Bertz CT molecular complexity index is 643. The van der Waals surface area contributed by atoms with Crippen molar-refractivity contribution in [3.05, 3.63) is 57.6 Å². The van der Waals surface area contributed by atoms with Gasteiger partial charge in [0.15, 0.2) is 0 Å². The lowest BCUT2D eigenvalue weighted by Crippen LogP contribution is -2.00. The van der Waals surface area contributed by atoms with E-state index < -0.39 is 0 Å². The van der Waals surface area contributed by atoms with Gasteiger partial charge in [-0.05, 0) is 30.7 Å². The zero-order valence-electron chi connectivity index (χ0n) is 10.1. The molecule has 0 saturated carbocycles. The Hall–Kier alpha value is -1.16. The van der Waals surface area contributed by atoms with Gasteiger partial charge in [-0.25, -0.2) is 0 Å². The lowest BCUT2D eigenvalue weighted by Gasteiger charge is -2.14. The minimum absolute atomic E-state index is 0.317. The number of thiol groups is 1. The van der Waals surface area contributed by atoms with E-state index in [1.54, 1.807) is 24.3 Å². The highest BCUT2D eigenvalue weighted by Crippen LogP contribution is 2.36. The molecule has 2 aromatic rings. The minimum Gasteiger partial charge on any atom is -0.352 e. The average Bonchev–Trinajstić information content (AvgIpc) is 2.39. The molecule has 0 heterocycles. The highest BCUT2D eigenvalue weighted by Gasteiger charge is 2.12. The molecule has 98 valence electrons. The SMILES string of the molecule is Cc1ccc(Cl)c(Nc2ccccc2C(=O)S)c1Cl. The number of carbonyl (C=O) groups is 1. The molecule has 0 atom stereocenters. The maximum absolute atomic E-state index is 11.5. The van der Waals surface area contributed by atoms with Crippen LogP contribution in [0.3, 0.4) is 0 Å². The summed E-state index contributed by atoms with van der Waals surface area (Å²) < 4.78 is 0. The second-order valence-electron chi connectivity index (χ2n) is 4.03. The molecule has 0 aliphatic carbocycles. The molecule has 2 aromatic carbocycles. The van der Waals surface area contributed by atoms with E-state index in [2.05, 4.69) is 17.9 Å². The van der Waals surface area contributed by atoms with Gasteiger partial charge in [-0.1, -0.05) is 41.4 Å². The first kappa shape index (κ1) is 14.3. The van der Waals surface area contributed by atoms with Crippen LogP contribution in [0.1, 0.15) is 15.9 Å². The molecule has 0 spiro atoms. The standard InChI is InChI=1S/C14H11Cl2NOS/c1-8-6-7-10(15)13(12(8)16)17-11-5-3-2-4-9(11)14(18)19/h2-7,17H,1H3,(H,18,19). The van der Waals surface area contributed by atoms with Gasteiger partial charge in [-0.2, -0.15) is 0 Å². The van der Waals surface area contributed by atoms with E-state index in [4.69, 9.17) is 23.2 Å². The number of rotatable bonds is 3. The van der Waals surface area contributed by atoms with Crippen LogP contribution in [0.2, 0.25) is 10.0 Å². The second kappa shape index (κ2) is 5.87. The predicted molar refractivity (Wildman–Crippen MR) is 84.2 cm³/mol. The molecule has 0 bridgehead atoms. The van der Waals surface area contributed by atoms with E-state index >= 15 is 0 Å². The smallest absolute Gasteiger partial charge is 0.218 e. The fourth-order valence-electron chi connectivity index (χ4n) is 1.68. The molecule has 0 unspecified atom stereocenters. The van der Waals surface area contributed by atoms with Crippen molar-refractivity contribution >= 4 is 52.3 Å². The van der Waals surface area contributed by atoms with Gasteiger partial charge in [-0.15, -0.1) is 12.6 Å². The van der Waals surface area contributed by atoms with E-state index in [9.17, 15) is 4.79 Å². The molecule has 0 fully saturated rings. The van der Waals surface area contributed by atoms with Crippen LogP contribution in [0.15, 0.2) is 36.4 Å². The molecule has 2 rings (SSSR count). The number of hydrogen-bond acceptors (Lipinski definition) is 2. The summed E-state index contributed by atoms with van der Waals surface area (Å²) in [6.45, 7) is 1.89. The quantitative estimate of drug-likeness (QED) is 0.771. The molecular weight excluding hydrogens is 301 g/mol. The van der Waals surface area contributed by atoms with Gasteiger partial charge in [0.1, 0.15) is 0 Å². The summed E-state index contributed by atoms with van der Waals surface area (Å²) >= 11 is 16.2. The van der Waals surface area contributed by atoms with Crippen LogP contribution in [-0.2, 0) is 0 Å². The number of aryl methyl sites for hydroxylation is 1. The minimum atomic E-state index is -0.317. The molecule has 0 aromatic heterocycles. The predicted octanol–water partition coefficient (Wildman–Crippen LogP) is 5.12. The summed E-state index contributed by atoms with van der Waals surface area (Å²) in [6.07, 6.45) is 0. The Kier molecular flexibility index (Phi) is 4.40. The van der Waals surface area contributed by atoms with Crippen molar-refractivity contribution in [2.24, 2.45) is 0 Å². The third kappa shape index (κ3) is 3.06. The highest BCUT2D eigenvalue weighted by molar-refractivity contribution is 7.97. The van der Waals surface area contributed by atoms with Crippen molar-refractivity contribution in [2.45, 2.75) is 6.92 Å². The Morgan fingerprint density at radius 3 is 2.53 bits per heavy atom. The van der Waals surface area contributed by atoms with Crippen LogP contribution >= 0.6 is 35.8 Å². The van der Waals surface area contributed by atoms with E-state index in [0.717, 1.165) is 5.56 Å². The van der Waals surface area contributed by atoms with Crippen molar-refractivity contribution in [1.82, 2.24) is 0 Å². The topological polar surface area (TPSA) is 29.1 Å². The van der Waals surface area contributed by atoms with Crippen LogP contribution in [0, 0.1) is 6.92 Å². The molecule has 0 aliphatic heterocycles. The molecule has 2 nitrogen and oxygen atoms in total. The summed E-state index contributed by atoms with van der Waals surface area (Å²) in [5.41, 5.74) is 2.59. The summed E-state index contributed by atoms with van der Waals surface area (Å²) in [5.74, 6) is 0. The summed E-state index contributed by atoms with van der Waals surface area (Å²) in [5, 5.41) is 3.81. The van der Waals surface area contributed by atoms with E-state index in [-0.39, 0.29) is 5.12 Å². The third-order valence-electron chi connectivity index (χ3n) is 2.70. The van der Waals surface area contributed by atoms with Gasteiger partial charge >= 0.3 is 0 Å². The zero-order chi connectivity index (χ0) is 14.0. The Morgan fingerprint density at radius 2 is 1.84 bits per heavy atom. The van der Waals surface area contributed by atoms with Crippen molar-refractivity contribution in [1.29, 1.82) is 0 Å². The molecule has 1 N–H and O–H groups in total. The molecule has 0 aliphatic rings. The summed E-state index contributed by atoms with van der Waals surface area (Å²) in [4.78, 5) is 11.5. The van der Waals surface area contributed by atoms with Crippen molar-refractivity contribution in [3.63, 3.8) is 0 Å². The molecule has 0 saturated heterocycles. The number of para-hydroxylation sites is 1. The second-order valence-corrected chi connectivity index (χ2v) is 5.22. The van der Waals surface area contributed by atoms with Gasteiger partial charge in [0.25, 0.3) is 0 Å². The van der Waals surface area contributed by atoms with Crippen LogP contribution in [0.5, 0.6) is 0 Å². The van der Waals surface area contributed by atoms with E-state index in [0.29, 0.717) is 27.0 Å². The van der Waals surface area contributed by atoms with Crippen LogP contribution in [0.25, 0.3) is 0 Å². The lowest BCUT2D eigenvalue weighted by atomic mass is 10.1.